The number of ether oxygens (including phenoxy) is 1. The smallest absolute Gasteiger partial charge is 0.367 e. The fraction of sp³-hybridized carbons (Fsp3) is 0.350. The van der Waals surface area contributed by atoms with Gasteiger partial charge >= 0.3 is 6.18 Å². The number of rotatable bonds is 9. The summed E-state index contributed by atoms with van der Waals surface area (Å²) < 4.78 is 67.5. The number of nitrogens with one attached hydrogen (secondary N) is 2. The van der Waals surface area contributed by atoms with E-state index < -0.39 is 28.7 Å². The van der Waals surface area contributed by atoms with Crippen LogP contribution in [-0.4, -0.2) is 33.7 Å². The molecule has 2 aromatic carbocycles. The van der Waals surface area contributed by atoms with Crippen LogP contribution in [0.4, 0.5) is 13.2 Å². The Morgan fingerprint density at radius 1 is 1.07 bits per heavy atom. The van der Waals surface area contributed by atoms with E-state index in [1.165, 1.54) is 12.1 Å². The first-order valence-corrected chi connectivity index (χ1v) is 10.6. The van der Waals surface area contributed by atoms with Gasteiger partial charge in [-0.3, -0.25) is 4.79 Å². The monoisotopic (exact) mass is 444 g/mol. The second kappa shape index (κ2) is 10.1. The second-order valence-electron chi connectivity index (χ2n) is 6.59. The fourth-order valence-electron chi connectivity index (χ4n) is 2.60. The lowest BCUT2D eigenvalue weighted by atomic mass is 10.1. The SMILES string of the molecule is CCNS(=O)(=O)c1ccc(C)c(C(=O)NCc2ccc(COCC(F)(F)F)cc2)c1. The first kappa shape index (κ1) is 23.8. The molecule has 0 radical (unpaired) electrons. The molecule has 0 unspecified atom stereocenters. The number of aryl methyl sites for hydroxylation is 1. The largest absolute Gasteiger partial charge is 0.411 e. The lowest BCUT2D eigenvalue weighted by molar-refractivity contribution is -0.176. The number of amides is 1. The average Bonchev–Trinajstić information content (AvgIpc) is 2.66. The Kier molecular flexibility index (Phi) is 7.99. The minimum atomic E-state index is -4.37. The van der Waals surface area contributed by atoms with Crippen molar-refractivity contribution in [3.8, 4) is 0 Å². The quantitative estimate of drug-likeness (QED) is 0.622. The van der Waals surface area contributed by atoms with Gasteiger partial charge in [0, 0.05) is 18.7 Å². The molecule has 0 aromatic heterocycles. The van der Waals surface area contributed by atoms with Gasteiger partial charge in [0.25, 0.3) is 5.91 Å². The molecule has 0 saturated heterocycles. The van der Waals surface area contributed by atoms with Crippen molar-refractivity contribution in [2.45, 2.75) is 38.1 Å². The minimum absolute atomic E-state index is 0.00306. The molecule has 2 N–H and O–H groups in total. The number of halogens is 3. The number of alkyl halides is 3. The molecule has 0 aliphatic heterocycles. The average molecular weight is 444 g/mol. The van der Waals surface area contributed by atoms with Crippen LogP contribution in [0.5, 0.6) is 0 Å². The van der Waals surface area contributed by atoms with Crippen molar-refractivity contribution in [1.82, 2.24) is 10.0 Å². The predicted molar refractivity (Wildman–Crippen MR) is 105 cm³/mol. The Balaban J connectivity index is 1.99. The summed E-state index contributed by atoms with van der Waals surface area (Å²) in [4.78, 5) is 12.5. The molecule has 0 atom stereocenters. The zero-order chi connectivity index (χ0) is 22.4. The molecule has 1 amide bonds. The topological polar surface area (TPSA) is 84.5 Å². The standard InChI is InChI=1S/C20H23F3N2O4S/c1-3-25-30(27,28)17-9-4-14(2)18(10-17)19(26)24-11-15-5-7-16(8-6-15)12-29-13-20(21,22)23/h4-10,25H,3,11-13H2,1-2H3,(H,24,26). The molecule has 30 heavy (non-hydrogen) atoms. The maximum Gasteiger partial charge on any atom is 0.411 e. The van der Waals surface area contributed by atoms with Crippen molar-refractivity contribution < 1.29 is 31.1 Å². The number of hydrogen-bond acceptors (Lipinski definition) is 4. The Morgan fingerprint density at radius 3 is 2.30 bits per heavy atom. The zero-order valence-electron chi connectivity index (χ0n) is 16.5. The van der Waals surface area contributed by atoms with E-state index in [0.29, 0.717) is 11.1 Å². The van der Waals surface area contributed by atoms with Crippen LogP contribution in [0, 0.1) is 6.92 Å². The van der Waals surface area contributed by atoms with Crippen molar-refractivity contribution in [2.24, 2.45) is 0 Å². The Hall–Kier alpha value is -2.43. The van der Waals surface area contributed by atoms with E-state index in [4.69, 9.17) is 0 Å². The van der Waals surface area contributed by atoms with Crippen LogP contribution >= 0.6 is 0 Å². The normalized spacial score (nSPS) is 12.0. The van der Waals surface area contributed by atoms with E-state index in [9.17, 15) is 26.4 Å². The van der Waals surface area contributed by atoms with Crippen molar-refractivity contribution in [2.75, 3.05) is 13.2 Å². The van der Waals surface area contributed by atoms with E-state index >= 15 is 0 Å². The van der Waals surface area contributed by atoms with Crippen molar-refractivity contribution in [1.29, 1.82) is 0 Å². The van der Waals surface area contributed by atoms with Crippen LogP contribution < -0.4 is 10.0 Å². The Labute approximate surface area is 173 Å². The molecule has 0 heterocycles. The van der Waals surface area contributed by atoms with Gasteiger partial charge in [-0.2, -0.15) is 13.2 Å². The number of carbonyl (C=O) groups excluding carboxylic acids is 1. The van der Waals surface area contributed by atoms with Crippen LogP contribution in [-0.2, 0) is 27.9 Å². The van der Waals surface area contributed by atoms with Gasteiger partial charge in [0.1, 0.15) is 6.61 Å². The van der Waals surface area contributed by atoms with Crippen LogP contribution in [0.2, 0.25) is 0 Å². The molecule has 0 saturated carbocycles. The maximum atomic E-state index is 12.5. The summed E-state index contributed by atoms with van der Waals surface area (Å²) >= 11 is 0. The van der Waals surface area contributed by atoms with Gasteiger partial charge in [-0.05, 0) is 35.7 Å². The molecule has 0 bridgehead atoms. The molecule has 0 fully saturated rings. The number of hydrogen-bond donors (Lipinski definition) is 2. The first-order chi connectivity index (χ1) is 14.0. The van der Waals surface area contributed by atoms with Crippen LogP contribution in [0.25, 0.3) is 0 Å². The fourth-order valence-corrected chi connectivity index (χ4v) is 3.67. The highest BCUT2D eigenvalue weighted by atomic mass is 32.2. The van der Waals surface area contributed by atoms with Crippen molar-refractivity contribution >= 4 is 15.9 Å². The molecular formula is C20H23F3N2O4S. The number of benzene rings is 2. The minimum Gasteiger partial charge on any atom is -0.367 e. The van der Waals surface area contributed by atoms with Crippen molar-refractivity contribution in [3.63, 3.8) is 0 Å². The second-order valence-corrected chi connectivity index (χ2v) is 8.35. The van der Waals surface area contributed by atoms with Gasteiger partial charge in [0.05, 0.1) is 11.5 Å². The van der Waals surface area contributed by atoms with E-state index in [-0.39, 0.29) is 30.2 Å². The lowest BCUT2D eigenvalue weighted by Crippen LogP contribution is -2.26. The Bertz CT molecular complexity index is 975. The van der Waals surface area contributed by atoms with Gasteiger partial charge in [-0.1, -0.05) is 37.3 Å². The molecule has 0 spiro atoms. The van der Waals surface area contributed by atoms with Gasteiger partial charge in [0.2, 0.25) is 10.0 Å². The number of carbonyl (C=O) groups is 1. The number of sulfonamides is 1. The van der Waals surface area contributed by atoms with E-state index in [1.807, 2.05) is 0 Å². The molecule has 0 aliphatic rings. The third kappa shape index (κ3) is 7.12. The predicted octanol–water partition coefficient (Wildman–Crippen LogP) is 3.30. The molecule has 6 nitrogen and oxygen atoms in total. The van der Waals surface area contributed by atoms with Crippen molar-refractivity contribution in [3.05, 3.63) is 64.7 Å². The van der Waals surface area contributed by atoms with E-state index in [0.717, 1.165) is 5.56 Å². The summed E-state index contributed by atoms with van der Waals surface area (Å²) in [7, 11) is -3.68. The van der Waals surface area contributed by atoms with Crippen LogP contribution in [0.15, 0.2) is 47.4 Å². The highest BCUT2D eigenvalue weighted by molar-refractivity contribution is 7.89. The molecule has 10 heteroatoms. The summed E-state index contributed by atoms with van der Waals surface area (Å²) in [6, 6.07) is 10.9. The molecule has 2 aromatic rings. The molecule has 164 valence electrons. The third-order valence-electron chi connectivity index (χ3n) is 4.11. The lowest BCUT2D eigenvalue weighted by Gasteiger charge is -2.11. The van der Waals surface area contributed by atoms with Crippen LogP contribution in [0.3, 0.4) is 0 Å². The van der Waals surface area contributed by atoms with E-state index in [1.54, 1.807) is 44.2 Å². The van der Waals surface area contributed by atoms with Gasteiger partial charge < -0.3 is 10.1 Å². The summed E-state index contributed by atoms with van der Waals surface area (Å²) in [5, 5.41) is 2.72. The first-order valence-electron chi connectivity index (χ1n) is 9.12. The molecule has 2 rings (SSSR count). The summed E-state index contributed by atoms with van der Waals surface area (Å²) in [5.41, 5.74) is 2.18. The highest BCUT2D eigenvalue weighted by Crippen LogP contribution is 2.17. The molecular weight excluding hydrogens is 421 g/mol. The highest BCUT2D eigenvalue weighted by Gasteiger charge is 2.27. The van der Waals surface area contributed by atoms with Gasteiger partial charge in [-0.25, -0.2) is 13.1 Å². The summed E-state index contributed by atoms with van der Waals surface area (Å²) in [5.74, 6) is -0.432. The third-order valence-corrected chi connectivity index (χ3v) is 5.65. The summed E-state index contributed by atoms with van der Waals surface area (Å²) in [6.07, 6.45) is -4.37. The maximum absolute atomic E-state index is 12.5. The van der Waals surface area contributed by atoms with E-state index in [2.05, 4.69) is 14.8 Å². The molecule has 0 aliphatic carbocycles. The zero-order valence-corrected chi connectivity index (χ0v) is 17.4. The van der Waals surface area contributed by atoms with Crippen LogP contribution in [0.1, 0.15) is 34.0 Å². The Morgan fingerprint density at radius 2 is 1.70 bits per heavy atom. The van der Waals surface area contributed by atoms with Gasteiger partial charge in [-0.15, -0.1) is 0 Å². The summed E-state index contributed by atoms with van der Waals surface area (Å²) in [6.45, 7) is 2.29. The van der Waals surface area contributed by atoms with Gasteiger partial charge in [0.15, 0.2) is 0 Å².